The molecule has 0 saturated carbocycles. The number of nitrogens with zero attached hydrogens (tertiary/aromatic N) is 1. The predicted octanol–water partition coefficient (Wildman–Crippen LogP) is 1.69. The number of amides is 2. The molecule has 1 aliphatic rings. The number of methoxy groups -OCH3 is 1. The topological polar surface area (TPSA) is 78.9 Å². The fraction of sp³-hybridized carbons (Fsp3) is 0.538. The van der Waals surface area contributed by atoms with E-state index < -0.39 is 12.0 Å². The Morgan fingerprint density at radius 3 is 2.90 bits per heavy atom. The summed E-state index contributed by atoms with van der Waals surface area (Å²) in [6.45, 7) is 2.18. The molecule has 6 nitrogen and oxygen atoms in total. The third-order valence-electron chi connectivity index (χ3n) is 3.45. The Kier molecular flexibility index (Phi) is 4.61. The fourth-order valence-electron chi connectivity index (χ4n) is 2.30. The Morgan fingerprint density at radius 2 is 2.35 bits per heavy atom. The fourth-order valence-corrected chi connectivity index (χ4v) is 3.04. The van der Waals surface area contributed by atoms with Crippen LogP contribution in [-0.4, -0.2) is 47.8 Å². The number of hydrogen-bond acceptors (Lipinski definition) is 4. The van der Waals surface area contributed by atoms with Gasteiger partial charge in [-0.2, -0.15) is 0 Å². The summed E-state index contributed by atoms with van der Waals surface area (Å²) in [7, 11) is 1.53. The van der Waals surface area contributed by atoms with Gasteiger partial charge in [-0.15, -0.1) is 11.3 Å². The average Bonchev–Trinajstić information content (AvgIpc) is 3.07. The molecule has 110 valence electrons. The van der Waals surface area contributed by atoms with Gasteiger partial charge in [-0.1, -0.05) is 6.07 Å². The van der Waals surface area contributed by atoms with Crippen LogP contribution in [0.25, 0.3) is 0 Å². The summed E-state index contributed by atoms with van der Waals surface area (Å²) in [5.74, 6) is -0.997. The predicted molar refractivity (Wildman–Crippen MR) is 74.8 cm³/mol. The zero-order chi connectivity index (χ0) is 14.7. The van der Waals surface area contributed by atoms with Gasteiger partial charge in [0, 0.05) is 25.0 Å². The van der Waals surface area contributed by atoms with E-state index in [0.717, 1.165) is 4.88 Å². The van der Waals surface area contributed by atoms with Crippen LogP contribution in [0.5, 0.6) is 0 Å². The van der Waals surface area contributed by atoms with Gasteiger partial charge < -0.3 is 20.1 Å². The minimum atomic E-state index is -0.997. The second kappa shape index (κ2) is 6.23. The first-order chi connectivity index (χ1) is 9.52. The van der Waals surface area contributed by atoms with Crippen LogP contribution in [0, 0.1) is 0 Å². The normalized spacial score (nSPS) is 23.6. The lowest BCUT2D eigenvalue weighted by atomic mass is 10.2. The molecule has 0 spiro atoms. The molecule has 2 N–H and O–H groups in total. The van der Waals surface area contributed by atoms with Crippen LogP contribution in [0.3, 0.4) is 0 Å². The maximum atomic E-state index is 12.2. The van der Waals surface area contributed by atoms with Crippen molar-refractivity contribution in [3.8, 4) is 0 Å². The second-order valence-electron chi connectivity index (χ2n) is 4.79. The standard InChI is InChI=1S/C13H18N2O4S/c1-8(11-4-3-5-20-11)14-13(18)15-7-9(19-2)6-10(15)12(16)17/h3-5,8-10H,6-7H2,1-2H3,(H,14,18)(H,16,17). The Labute approximate surface area is 121 Å². The number of likely N-dealkylation sites (tertiary alicyclic amines) is 1. The number of carboxylic acid groups (broad SMARTS) is 1. The number of carboxylic acids is 1. The summed E-state index contributed by atoms with van der Waals surface area (Å²) in [4.78, 5) is 25.8. The first-order valence-corrected chi connectivity index (χ1v) is 7.27. The van der Waals surface area contributed by atoms with Crippen LogP contribution in [-0.2, 0) is 9.53 Å². The summed E-state index contributed by atoms with van der Waals surface area (Å²) in [6, 6.07) is 2.53. The first kappa shape index (κ1) is 14.8. The van der Waals surface area contributed by atoms with Crippen LogP contribution in [0.15, 0.2) is 17.5 Å². The highest BCUT2D eigenvalue weighted by atomic mass is 32.1. The van der Waals surface area contributed by atoms with Crippen molar-refractivity contribution in [3.05, 3.63) is 22.4 Å². The van der Waals surface area contributed by atoms with E-state index in [1.54, 1.807) is 11.3 Å². The Morgan fingerprint density at radius 1 is 1.60 bits per heavy atom. The van der Waals surface area contributed by atoms with Crippen LogP contribution in [0.1, 0.15) is 24.3 Å². The molecule has 1 saturated heterocycles. The molecule has 3 unspecified atom stereocenters. The number of ether oxygens (including phenoxy) is 1. The SMILES string of the molecule is COC1CC(C(=O)O)N(C(=O)NC(C)c2cccs2)C1. The van der Waals surface area contributed by atoms with Gasteiger partial charge in [0.05, 0.1) is 12.1 Å². The highest BCUT2D eigenvalue weighted by molar-refractivity contribution is 7.10. The van der Waals surface area contributed by atoms with Crippen molar-refractivity contribution in [2.75, 3.05) is 13.7 Å². The van der Waals surface area contributed by atoms with Crippen molar-refractivity contribution < 1.29 is 19.4 Å². The monoisotopic (exact) mass is 298 g/mol. The van der Waals surface area contributed by atoms with Gasteiger partial charge >= 0.3 is 12.0 Å². The molecule has 20 heavy (non-hydrogen) atoms. The summed E-state index contributed by atoms with van der Waals surface area (Å²) in [5.41, 5.74) is 0. The molecule has 1 aliphatic heterocycles. The largest absolute Gasteiger partial charge is 0.480 e. The van der Waals surface area contributed by atoms with Crippen molar-refractivity contribution in [3.63, 3.8) is 0 Å². The number of nitrogens with one attached hydrogen (secondary N) is 1. The van der Waals surface area contributed by atoms with E-state index in [2.05, 4.69) is 5.32 Å². The maximum Gasteiger partial charge on any atom is 0.326 e. The van der Waals surface area contributed by atoms with E-state index in [1.165, 1.54) is 12.0 Å². The summed E-state index contributed by atoms with van der Waals surface area (Å²) < 4.78 is 5.17. The highest BCUT2D eigenvalue weighted by Gasteiger charge is 2.40. The van der Waals surface area contributed by atoms with Gasteiger partial charge in [0.25, 0.3) is 0 Å². The molecule has 0 radical (unpaired) electrons. The molecule has 1 aromatic heterocycles. The molecule has 0 aromatic carbocycles. The molecule has 1 aromatic rings. The molecule has 1 fully saturated rings. The highest BCUT2D eigenvalue weighted by Crippen LogP contribution is 2.23. The van der Waals surface area contributed by atoms with Crippen LogP contribution in [0.4, 0.5) is 4.79 Å². The minimum Gasteiger partial charge on any atom is -0.480 e. The van der Waals surface area contributed by atoms with E-state index in [0.29, 0.717) is 13.0 Å². The van der Waals surface area contributed by atoms with Crippen molar-refractivity contribution in [1.29, 1.82) is 0 Å². The van der Waals surface area contributed by atoms with Crippen molar-refractivity contribution in [2.24, 2.45) is 0 Å². The first-order valence-electron chi connectivity index (χ1n) is 6.39. The third kappa shape index (κ3) is 3.10. The number of thiophene rings is 1. The Hall–Kier alpha value is -1.60. The average molecular weight is 298 g/mol. The summed E-state index contributed by atoms with van der Waals surface area (Å²) in [5, 5.41) is 14.0. The number of carbonyl (C=O) groups is 2. The van der Waals surface area contributed by atoms with E-state index >= 15 is 0 Å². The smallest absolute Gasteiger partial charge is 0.326 e. The van der Waals surface area contributed by atoms with Crippen LogP contribution < -0.4 is 5.32 Å². The Balaban J connectivity index is 2.02. The molecule has 2 rings (SSSR count). The van der Waals surface area contributed by atoms with Gasteiger partial charge in [-0.25, -0.2) is 9.59 Å². The van der Waals surface area contributed by atoms with E-state index in [-0.39, 0.29) is 18.2 Å². The van der Waals surface area contributed by atoms with E-state index in [1.807, 2.05) is 24.4 Å². The Bertz CT molecular complexity index is 477. The maximum absolute atomic E-state index is 12.2. The number of hydrogen-bond donors (Lipinski definition) is 2. The van der Waals surface area contributed by atoms with Crippen molar-refractivity contribution in [2.45, 2.75) is 31.5 Å². The van der Waals surface area contributed by atoms with E-state index in [9.17, 15) is 14.7 Å². The summed E-state index contributed by atoms with van der Waals surface area (Å²) in [6.07, 6.45) is 0.103. The lowest BCUT2D eigenvalue weighted by Crippen LogP contribution is -2.46. The third-order valence-corrected chi connectivity index (χ3v) is 4.51. The summed E-state index contributed by atoms with van der Waals surface area (Å²) >= 11 is 1.55. The molecular formula is C13H18N2O4S. The van der Waals surface area contributed by atoms with Gasteiger partial charge in [-0.3, -0.25) is 0 Å². The zero-order valence-electron chi connectivity index (χ0n) is 11.4. The van der Waals surface area contributed by atoms with Gasteiger partial charge in [0.15, 0.2) is 0 Å². The van der Waals surface area contributed by atoms with Crippen molar-refractivity contribution in [1.82, 2.24) is 10.2 Å². The van der Waals surface area contributed by atoms with Crippen LogP contribution >= 0.6 is 11.3 Å². The van der Waals surface area contributed by atoms with Gasteiger partial charge in [0.2, 0.25) is 0 Å². The van der Waals surface area contributed by atoms with Gasteiger partial charge in [0.1, 0.15) is 6.04 Å². The van der Waals surface area contributed by atoms with Crippen LogP contribution in [0.2, 0.25) is 0 Å². The lowest BCUT2D eigenvalue weighted by molar-refractivity contribution is -0.141. The number of carbonyl (C=O) groups excluding carboxylic acids is 1. The van der Waals surface area contributed by atoms with Crippen molar-refractivity contribution >= 4 is 23.3 Å². The molecule has 2 heterocycles. The quantitative estimate of drug-likeness (QED) is 0.886. The minimum absolute atomic E-state index is 0.140. The molecule has 2 amide bonds. The van der Waals surface area contributed by atoms with E-state index in [4.69, 9.17) is 4.74 Å². The molecule has 3 atom stereocenters. The number of rotatable bonds is 4. The lowest BCUT2D eigenvalue weighted by Gasteiger charge is -2.23. The molecular weight excluding hydrogens is 280 g/mol. The second-order valence-corrected chi connectivity index (χ2v) is 5.77. The number of urea groups is 1. The molecule has 7 heteroatoms. The number of aliphatic carboxylic acids is 1. The molecule has 0 aliphatic carbocycles. The molecule has 0 bridgehead atoms. The van der Waals surface area contributed by atoms with Gasteiger partial charge in [-0.05, 0) is 18.4 Å². The zero-order valence-corrected chi connectivity index (χ0v) is 12.2.